The van der Waals surface area contributed by atoms with Gasteiger partial charge in [-0.2, -0.15) is 13.2 Å². The molecule has 0 spiro atoms. The highest BCUT2D eigenvalue weighted by Crippen LogP contribution is 2.37. The van der Waals surface area contributed by atoms with Gasteiger partial charge in [-0.05, 0) is 29.7 Å². The summed E-state index contributed by atoms with van der Waals surface area (Å²) >= 11 is 0. The Morgan fingerprint density at radius 2 is 2.14 bits per heavy atom. The van der Waals surface area contributed by atoms with Crippen molar-refractivity contribution in [1.29, 1.82) is 0 Å². The average Bonchev–Trinajstić information content (AvgIpc) is 2.52. The molecule has 0 saturated heterocycles. The van der Waals surface area contributed by atoms with Gasteiger partial charge < -0.3 is 9.47 Å². The van der Waals surface area contributed by atoms with E-state index in [9.17, 15) is 18.0 Å². The Kier molecular flexibility index (Phi) is 4.88. The number of esters is 1. The zero-order chi connectivity index (χ0) is 16.2. The number of alkyl halides is 3. The van der Waals surface area contributed by atoms with Crippen molar-refractivity contribution in [2.24, 2.45) is 0 Å². The van der Waals surface area contributed by atoms with Crippen LogP contribution in [0.1, 0.15) is 23.1 Å². The Balaban J connectivity index is 2.45. The number of benzene rings is 1. The van der Waals surface area contributed by atoms with Crippen LogP contribution >= 0.6 is 0 Å². The lowest BCUT2D eigenvalue weighted by Crippen LogP contribution is -2.12. The molecule has 0 radical (unpaired) electrons. The first-order chi connectivity index (χ1) is 10.4. The minimum absolute atomic E-state index is 0.106. The zero-order valence-electron chi connectivity index (χ0n) is 11.8. The lowest BCUT2D eigenvalue weighted by Gasteiger charge is -2.18. The maximum absolute atomic E-state index is 13.3. The number of methoxy groups -OCH3 is 1. The lowest BCUT2D eigenvalue weighted by atomic mass is 9.94. The molecule has 0 saturated carbocycles. The third-order valence-corrected chi connectivity index (χ3v) is 3.13. The molecule has 1 heterocycles. The summed E-state index contributed by atoms with van der Waals surface area (Å²) in [5, 5.41) is 0. The zero-order valence-corrected chi connectivity index (χ0v) is 11.8. The molecule has 0 unspecified atom stereocenters. The van der Waals surface area contributed by atoms with Gasteiger partial charge in [0.25, 0.3) is 0 Å². The summed E-state index contributed by atoms with van der Waals surface area (Å²) in [6, 6.07) is 3.78. The van der Waals surface area contributed by atoms with E-state index in [4.69, 9.17) is 4.74 Å². The first kappa shape index (κ1) is 16.1. The molecule has 0 amide bonds. The third-order valence-electron chi connectivity index (χ3n) is 3.13. The minimum atomic E-state index is -4.50. The summed E-state index contributed by atoms with van der Waals surface area (Å²) < 4.78 is 49.2. The van der Waals surface area contributed by atoms with Gasteiger partial charge in [-0.1, -0.05) is 18.1 Å². The van der Waals surface area contributed by atoms with Crippen LogP contribution in [0.3, 0.4) is 0 Å². The summed E-state index contributed by atoms with van der Waals surface area (Å²) in [4.78, 5) is 10.9. The molecule has 116 valence electrons. The number of carbonyl (C=O) groups is 1. The molecule has 1 aromatic rings. The summed E-state index contributed by atoms with van der Waals surface area (Å²) in [5.74, 6) is 3.68. The fourth-order valence-corrected chi connectivity index (χ4v) is 2.08. The highest BCUT2D eigenvalue weighted by molar-refractivity contribution is 5.89. The molecular formula is C16H13F3O3. The van der Waals surface area contributed by atoms with Crippen LogP contribution in [0.2, 0.25) is 0 Å². The Hall–Kier alpha value is -2.26. The van der Waals surface area contributed by atoms with Crippen LogP contribution in [0.5, 0.6) is 0 Å². The molecule has 0 fully saturated rings. The molecular weight excluding hydrogens is 297 g/mol. The second kappa shape index (κ2) is 6.67. The monoisotopic (exact) mass is 310 g/mol. The van der Waals surface area contributed by atoms with E-state index < -0.39 is 17.7 Å². The van der Waals surface area contributed by atoms with Gasteiger partial charge in [-0.15, -0.1) is 0 Å². The molecule has 0 N–H and O–H groups in total. The van der Waals surface area contributed by atoms with Crippen LogP contribution in [0, 0.1) is 11.8 Å². The number of halogens is 3. The molecule has 0 aromatic heterocycles. The van der Waals surface area contributed by atoms with Crippen molar-refractivity contribution >= 4 is 11.5 Å². The third kappa shape index (κ3) is 3.89. The largest absolute Gasteiger partial charge is 0.459 e. The quantitative estimate of drug-likeness (QED) is 0.591. The number of carbonyl (C=O) groups excluding carboxylic acids is 1. The van der Waals surface area contributed by atoms with Gasteiger partial charge in [0.15, 0.2) is 0 Å². The number of rotatable bonds is 1. The van der Waals surface area contributed by atoms with Gasteiger partial charge in [0.2, 0.25) is 0 Å². The van der Waals surface area contributed by atoms with Gasteiger partial charge in [-0.25, -0.2) is 4.79 Å². The predicted molar refractivity (Wildman–Crippen MR) is 73.8 cm³/mol. The highest BCUT2D eigenvalue weighted by atomic mass is 19.4. The number of hydrogen-bond acceptors (Lipinski definition) is 3. The molecule has 1 aliphatic rings. The van der Waals surface area contributed by atoms with Crippen molar-refractivity contribution in [1.82, 2.24) is 0 Å². The minimum Gasteiger partial charge on any atom is -0.459 e. The topological polar surface area (TPSA) is 35.5 Å². The fourth-order valence-electron chi connectivity index (χ4n) is 2.08. The Bertz CT molecular complexity index is 663. The second-order valence-electron chi connectivity index (χ2n) is 4.55. The van der Waals surface area contributed by atoms with Crippen LogP contribution in [-0.4, -0.2) is 26.3 Å². The van der Waals surface area contributed by atoms with Gasteiger partial charge >= 0.3 is 12.1 Å². The number of hydrogen-bond donors (Lipinski definition) is 0. The Morgan fingerprint density at radius 3 is 2.73 bits per heavy atom. The summed E-state index contributed by atoms with van der Waals surface area (Å²) in [6.45, 7) is 0.698. The van der Waals surface area contributed by atoms with Crippen LogP contribution < -0.4 is 0 Å². The van der Waals surface area contributed by atoms with Crippen molar-refractivity contribution in [3.05, 3.63) is 41.0 Å². The molecule has 0 bridgehead atoms. The summed E-state index contributed by atoms with van der Waals surface area (Å²) in [5.41, 5.74) is 0.0666. The SMILES string of the molecule is COC(=O)C#Cc1ccc(C2=CCOCC2)c(C(F)(F)F)c1. The average molecular weight is 310 g/mol. The van der Waals surface area contributed by atoms with Crippen molar-refractivity contribution in [3.63, 3.8) is 0 Å². The lowest BCUT2D eigenvalue weighted by molar-refractivity contribution is -0.138. The molecule has 0 atom stereocenters. The Morgan fingerprint density at radius 1 is 1.36 bits per heavy atom. The van der Waals surface area contributed by atoms with Gasteiger partial charge in [0, 0.05) is 11.5 Å². The van der Waals surface area contributed by atoms with Gasteiger partial charge in [0.05, 0.1) is 25.9 Å². The first-order valence-corrected chi connectivity index (χ1v) is 6.50. The normalized spacial score (nSPS) is 14.6. The van der Waals surface area contributed by atoms with E-state index in [-0.39, 0.29) is 11.1 Å². The van der Waals surface area contributed by atoms with E-state index in [1.54, 1.807) is 6.08 Å². The van der Waals surface area contributed by atoms with E-state index in [0.717, 1.165) is 13.2 Å². The van der Waals surface area contributed by atoms with E-state index in [2.05, 4.69) is 16.6 Å². The van der Waals surface area contributed by atoms with Crippen molar-refractivity contribution < 1.29 is 27.4 Å². The second-order valence-corrected chi connectivity index (χ2v) is 4.55. The van der Waals surface area contributed by atoms with Crippen LogP contribution in [0.4, 0.5) is 13.2 Å². The van der Waals surface area contributed by atoms with Crippen LogP contribution in [-0.2, 0) is 20.4 Å². The van der Waals surface area contributed by atoms with Crippen LogP contribution in [0.25, 0.3) is 5.57 Å². The van der Waals surface area contributed by atoms with Gasteiger partial charge in [-0.3, -0.25) is 0 Å². The first-order valence-electron chi connectivity index (χ1n) is 6.50. The summed E-state index contributed by atoms with van der Waals surface area (Å²) in [6.07, 6.45) is -2.43. The van der Waals surface area contributed by atoms with Gasteiger partial charge in [0.1, 0.15) is 0 Å². The molecule has 0 aliphatic carbocycles. The standard InChI is InChI=1S/C16H13F3O3/c1-21-15(20)5-3-11-2-4-13(12-6-8-22-9-7-12)14(10-11)16(17,18)19/h2,4,6,10H,7-9H2,1H3. The van der Waals surface area contributed by atoms with E-state index in [0.29, 0.717) is 25.2 Å². The summed E-state index contributed by atoms with van der Waals surface area (Å²) in [7, 11) is 1.15. The fraction of sp³-hybridized carbons (Fsp3) is 0.312. The molecule has 2 rings (SSSR count). The van der Waals surface area contributed by atoms with E-state index >= 15 is 0 Å². The molecule has 1 aromatic carbocycles. The molecule has 3 nitrogen and oxygen atoms in total. The maximum atomic E-state index is 13.3. The maximum Gasteiger partial charge on any atom is 0.417 e. The van der Waals surface area contributed by atoms with Crippen LogP contribution in [0.15, 0.2) is 24.3 Å². The van der Waals surface area contributed by atoms with Crippen molar-refractivity contribution in [2.45, 2.75) is 12.6 Å². The van der Waals surface area contributed by atoms with E-state index in [1.165, 1.54) is 12.1 Å². The van der Waals surface area contributed by atoms with Crippen molar-refractivity contribution in [3.8, 4) is 11.8 Å². The molecule has 22 heavy (non-hydrogen) atoms. The van der Waals surface area contributed by atoms with Crippen molar-refractivity contribution in [2.75, 3.05) is 20.3 Å². The smallest absolute Gasteiger partial charge is 0.417 e. The molecule has 1 aliphatic heterocycles. The molecule has 6 heteroatoms. The number of ether oxygens (including phenoxy) is 2. The van der Waals surface area contributed by atoms with E-state index in [1.807, 2.05) is 0 Å². The predicted octanol–water partition coefficient (Wildman–Crippen LogP) is 3.03. The highest BCUT2D eigenvalue weighted by Gasteiger charge is 2.34. The Labute approximate surface area is 125 Å².